The maximum atomic E-state index is 12.6. The Kier molecular flexibility index (Phi) is 6.77. The molecule has 2 aromatic carbocycles. The maximum absolute atomic E-state index is 12.6. The minimum atomic E-state index is -0.520. The lowest BCUT2D eigenvalue weighted by Gasteiger charge is -2.37. The zero-order chi connectivity index (χ0) is 23.7. The molecule has 0 bridgehead atoms. The SMILES string of the molecule is O=C(C[C@H]1C[C@H]2c3cc(NC(=O)CC4CC4)ccc3O[C@H]2[C@H](CO)O1)NCc1ccc(Cl)cc1. The lowest BCUT2D eigenvalue weighted by atomic mass is 9.84. The second-order valence-corrected chi connectivity index (χ2v) is 9.90. The molecular formula is C26H29ClN2O5. The summed E-state index contributed by atoms with van der Waals surface area (Å²) in [6.07, 6.45) is 2.44. The maximum Gasteiger partial charge on any atom is 0.224 e. The minimum Gasteiger partial charge on any atom is -0.487 e. The molecule has 180 valence electrons. The van der Waals surface area contributed by atoms with Crippen LogP contribution >= 0.6 is 11.6 Å². The fourth-order valence-corrected chi connectivity index (χ4v) is 4.97. The van der Waals surface area contributed by atoms with Gasteiger partial charge in [-0.15, -0.1) is 0 Å². The number of carbonyl (C=O) groups is 2. The van der Waals surface area contributed by atoms with Crippen molar-refractivity contribution >= 4 is 29.1 Å². The number of hydrogen-bond acceptors (Lipinski definition) is 5. The van der Waals surface area contributed by atoms with Crippen LogP contribution in [0.3, 0.4) is 0 Å². The lowest BCUT2D eigenvalue weighted by Crippen LogP contribution is -2.47. The molecule has 3 N–H and O–H groups in total. The summed E-state index contributed by atoms with van der Waals surface area (Å²) >= 11 is 5.91. The van der Waals surface area contributed by atoms with Gasteiger partial charge in [0.1, 0.15) is 18.0 Å². The van der Waals surface area contributed by atoms with Gasteiger partial charge in [-0.2, -0.15) is 0 Å². The highest BCUT2D eigenvalue weighted by molar-refractivity contribution is 6.30. The van der Waals surface area contributed by atoms with E-state index in [1.807, 2.05) is 30.3 Å². The smallest absolute Gasteiger partial charge is 0.224 e. The first-order valence-electron chi connectivity index (χ1n) is 11.9. The number of nitrogens with one attached hydrogen (secondary N) is 2. The standard InChI is InChI=1S/C26H29ClN2O5/c27-17-5-3-16(4-6-17)13-28-24(31)12-19-11-21-20-10-18(29-25(32)9-15-1-2-15)7-8-22(20)34-26(21)23(14-30)33-19/h3-8,10,15,19,21,23,26,30H,1-2,9,11-14H2,(H,28,31)(H,29,32)/t19-,21+,23+,26-/m1/s1. The van der Waals surface area contributed by atoms with Crippen LogP contribution < -0.4 is 15.4 Å². The van der Waals surface area contributed by atoms with E-state index >= 15 is 0 Å². The molecule has 0 aromatic heterocycles. The molecule has 1 aliphatic carbocycles. The van der Waals surface area contributed by atoms with Gasteiger partial charge in [0.15, 0.2) is 0 Å². The quantitative estimate of drug-likeness (QED) is 0.530. The average Bonchev–Trinajstić information content (AvgIpc) is 3.56. The zero-order valence-corrected chi connectivity index (χ0v) is 19.6. The van der Waals surface area contributed by atoms with Crippen molar-refractivity contribution < 1.29 is 24.2 Å². The van der Waals surface area contributed by atoms with Gasteiger partial charge in [0.2, 0.25) is 11.8 Å². The van der Waals surface area contributed by atoms with Gasteiger partial charge >= 0.3 is 0 Å². The number of ether oxygens (including phenoxy) is 2. The van der Waals surface area contributed by atoms with E-state index in [1.165, 1.54) is 0 Å². The van der Waals surface area contributed by atoms with Crippen LogP contribution in [0.1, 0.15) is 49.1 Å². The molecule has 3 aliphatic rings. The average molecular weight is 485 g/mol. The predicted octanol–water partition coefficient (Wildman–Crippen LogP) is 3.78. The van der Waals surface area contributed by atoms with Crippen LogP contribution in [0.15, 0.2) is 42.5 Å². The molecule has 0 radical (unpaired) electrons. The summed E-state index contributed by atoms with van der Waals surface area (Å²) in [7, 11) is 0. The van der Waals surface area contributed by atoms with Crippen molar-refractivity contribution in [3.8, 4) is 5.75 Å². The van der Waals surface area contributed by atoms with Crippen LogP contribution in [-0.2, 0) is 20.9 Å². The predicted molar refractivity (Wildman–Crippen MR) is 128 cm³/mol. The fourth-order valence-electron chi connectivity index (χ4n) is 4.84. The number of anilines is 1. The molecular weight excluding hydrogens is 456 g/mol. The van der Waals surface area contributed by atoms with Crippen molar-refractivity contribution in [3.63, 3.8) is 0 Å². The van der Waals surface area contributed by atoms with Crippen LogP contribution in [0.5, 0.6) is 5.75 Å². The van der Waals surface area contributed by atoms with Gasteiger partial charge in [0.25, 0.3) is 0 Å². The van der Waals surface area contributed by atoms with E-state index in [0.29, 0.717) is 30.3 Å². The second-order valence-electron chi connectivity index (χ2n) is 9.46. The Balaban J connectivity index is 1.22. The van der Waals surface area contributed by atoms with Crippen LogP contribution in [0.25, 0.3) is 0 Å². The van der Waals surface area contributed by atoms with Crippen molar-refractivity contribution in [2.24, 2.45) is 5.92 Å². The monoisotopic (exact) mass is 484 g/mol. The number of carbonyl (C=O) groups excluding carboxylic acids is 2. The molecule has 2 aromatic rings. The summed E-state index contributed by atoms with van der Waals surface area (Å²) in [5, 5.41) is 16.5. The van der Waals surface area contributed by atoms with E-state index in [4.69, 9.17) is 21.1 Å². The Bertz CT molecular complexity index is 1060. The van der Waals surface area contributed by atoms with Crippen molar-refractivity contribution in [2.45, 2.75) is 62.9 Å². The van der Waals surface area contributed by atoms with E-state index in [-0.39, 0.29) is 43.0 Å². The minimum absolute atomic E-state index is 0.0183. The van der Waals surface area contributed by atoms with Crippen LogP contribution in [0, 0.1) is 5.92 Å². The van der Waals surface area contributed by atoms with Crippen LogP contribution in [-0.4, -0.2) is 41.8 Å². The first-order valence-corrected chi connectivity index (χ1v) is 12.2. The highest BCUT2D eigenvalue weighted by atomic mass is 35.5. The van der Waals surface area contributed by atoms with Gasteiger partial charge in [0, 0.05) is 35.2 Å². The summed E-state index contributed by atoms with van der Waals surface area (Å²) in [6, 6.07) is 13.0. The van der Waals surface area contributed by atoms with Crippen molar-refractivity contribution in [3.05, 3.63) is 58.6 Å². The van der Waals surface area contributed by atoms with Crippen molar-refractivity contribution in [1.82, 2.24) is 5.32 Å². The van der Waals surface area contributed by atoms with E-state index in [2.05, 4.69) is 10.6 Å². The molecule has 1 saturated carbocycles. The molecule has 2 heterocycles. The summed E-state index contributed by atoms with van der Waals surface area (Å²) < 4.78 is 12.1. The Morgan fingerprint density at radius 2 is 1.85 bits per heavy atom. The van der Waals surface area contributed by atoms with Gasteiger partial charge in [-0.1, -0.05) is 23.7 Å². The number of aliphatic hydroxyl groups is 1. The number of fused-ring (bicyclic) bond motifs is 3. The van der Waals surface area contributed by atoms with Gasteiger partial charge < -0.3 is 25.2 Å². The van der Waals surface area contributed by atoms with Gasteiger partial charge in [-0.3, -0.25) is 9.59 Å². The normalized spacial score (nSPS) is 25.1. The molecule has 4 atom stereocenters. The van der Waals surface area contributed by atoms with Crippen molar-refractivity contribution in [1.29, 1.82) is 0 Å². The summed E-state index contributed by atoms with van der Waals surface area (Å²) in [5.41, 5.74) is 2.70. The molecule has 0 unspecified atom stereocenters. The zero-order valence-electron chi connectivity index (χ0n) is 18.8. The van der Waals surface area contributed by atoms with Gasteiger partial charge in [-0.25, -0.2) is 0 Å². The highest BCUT2D eigenvalue weighted by Crippen LogP contribution is 2.47. The first kappa shape index (κ1) is 23.1. The summed E-state index contributed by atoms with van der Waals surface area (Å²) in [4.78, 5) is 24.8. The molecule has 2 fully saturated rings. The van der Waals surface area contributed by atoms with Crippen LogP contribution in [0.4, 0.5) is 5.69 Å². The molecule has 8 heteroatoms. The number of amides is 2. The third-order valence-corrected chi connectivity index (χ3v) is 7.02. The summed E-state index contributed by atoms with van der Waals surface area (Å²) in [6.45, 7) is 0.219. The molecule has 5 rings (SSSR count). The Morgan fingerprint density at radius 3 is 2.59 bits per heavy atom. The Morgan fingerprint density at radius 1 is 1.06 bits per heavy atom. The number of benzene rings is 2. The van der Waals surface area contributed by atoms with Gasteiger partial charge in [0.05, 0.1) is 19.1 Å². The third-order valence-electron chi connectivity index (χ3n) is 6.77. The summed E-state index contributed by atoms with van der Waals surface area (Å²) in [5.74, 6) is 1.17. The highest BCUT2D eigenvalue weighted by Gasteiger charge is 2.46. The number of aliphatic hydroxyl groups excluding tert-OH is 1. The van der Waals surface area contributed by atoms with E-state index in [9.17, 15) is 14.7 Å². The van der Waals surface area contributed by atoms with E-state index in [1.54, 1.807) is 12.1 Å². The fraction of sp³-hybridized carbons (Fsp3) is 0.462. The van der Waals surface area contributed by atoms with Gasteiger partial charge in [-0.05, 0) is 61.1 Å². The molecule has 0 spiro atoms. The number of hydrogen-bond donors (Lipinski definition) is 3. The van der Waals surface area contributed by atoms with E-state index in [0.717, 1.165) is 35.4 Å². The lowest BCUT2D eigenvalue weighted by molar-refractivity contribution is -0.142. The molecule has 7 nitrogen and oxygen atoms in total. The topological polar surface area (TPSA) is 96.9 Å². The number of halogens is 1. The second kappa shape index (κ2) is 9.94. The number of rotatable bonds is 8. The molecule has 2 amide bonds. The van der Waals surface area contributed by atoms with Crippen molar-refractivity contribution in [2.75, 3.05) is 11.9 Å². The molecule has 2 aliphatic heterocycles. The molecule has 34 heavy (non-hydrogen) atoms. The molecule has 1 saturated heterocycles. The van der Waals surface area contributed by atoms with E-state index < -0.39 is 6.10 Å². The first-order chi connectivity index (χ1) is 16.5. The Hall–Kier alpha value is -2.61. The van der Waals surface area contributed by atoms with Crippen LogP contribution in [0.2, 0.25) is 5.02 Å². The third kappa shape index (κ3) is 5.37. The Labute approximate surface area is 203 Å². The largest absolute Gasteiger partial charge is 0.487 e.